The molecule has 6 heterocycles. The third kappa shape index (κ3) is 11.2. The second-order valence-corrected chi connectivity index (χ2v) is 24.5. The van der Waals surface area contributed by atoms with E-state index in [0.717, 1.165) is 165 Å². The molecule has 0 radical (unpaired) electrons. The number of hydrogen-bond acceptors (Lipinski definition) is 6. The van der Waals surface area contributed by atoms with Gasteiger partial charge in [0.05, 0.1) is 33.1 Å². The van der Waals surface area contributed by atoms with Gasteiger partial charge >= 0.3 is 0 Å². The topological polar surface area (TPSA) is 77.3 Å². The molecule has 96 heavy (non-hydrogen) atoms. The summed E-state index contributed by atoms with van der Waals surface area (Å²) in [6.45, 7) is 4.00. The highest BCUT2D eigenvalue weighted by atomic mass is 35.5. The molecule has 12 aromatic carbocycles. The Morgan fingerprint density at radius 1 is 0.208 bits per heavy atom. The summed E-state index contributed by atoms with van der Waals surface area (Å²) in [5, 5.41) is 12.5. The molecule has 0 aliphatic rings. The Morgan fingerprint density at radius 2 is 0.521 bits per heavy atom. The maximum Gasteiger partial charge on any atom is 0.0811 e. The van der Waals surface area contributed by atoms with Crippen LogP contribution in [-0.2, 0) is 0 Å². The van der Waals surface area contributed by atoms with Crippen LogP contribution in [0.25, 0.3) is 176 Å². The van der Waals surface area contributed by atoms with Gasteiger partial charge in [0.1, 0.15) is 0 Å². The van der Waals surface area contributed by atoms with Gasteiger partial charge in [-0.15, -0.1) is 0 Å². The summed E-state index contributed by atoms with van der Waals surface area (Å²) in [6, 6.07) is 97.4. The fourth-order valence-electron chi connectivity index (χ4n) is 13.6. The SMILES string of the molecule is CC.Clc1cc(-c2ccccc2-c2ccc3c(c2)ncc2cccnc23)cc(-c2ccccc2-c2ccc3c(c2)ncc2cccnc23)c1.Clc1cc(-c2ccccc2-c2cnc3c(ccc4ccccc43)c2)cc(-c2ccccc2-c2cnc3c(ccc4ccccc43)c2)c1. The standard InChI is InChI=1S/C44H27ClN2.C42H25ClN4.C2H6/c45-36-24-32(37-11-5-7-13-39(37)34-21-30-19-17-28-9-1-3-15-41(28)43(30)46-26-34)23-33(25-36)38-12-6-8-14-40(38)35-22-31-20-18-29-10-2-4-16-42(29)44(31)47-27-35;43-32-20-30(35-11-3-1-9-33(35)26-13-15-37-39(22-26)46-24-28-7-5-17-44-41(28)37)19-31(21-32)36-12-4-2-10-34(36)27-14-16-38-40(23-27)47-25-29-8-6-18-45-42(29)38;1-2/h1-27H;1-25H;1-2H3. The number of nitrogens with zero attached hydrogens (tertiary/aromatic N) is 6. The molecule has 0 aliphatic heterocycles. The average molecular weight is 1270 g/mol. The summed E-state index contributed by atoms with van der Waals surface area (Å²) in [4.78, 5) is 28.7. The molecule has 6 aromatic heterocycles. The Balaban J connectivity index is 0.000000147. The summed E-state index contributed by atoms with van der Waals surface area (Å²) in [5.74, 6) is 0. The van der Waals surface area contributed by atoms with Crippen LogP contribution in [0.1, 0.15) is 13.8 Å². The van der Waals surface area contributed by atoms with Crippen molar-refractivity contribution < 1.29 is 0 Å². The summed E-state index contributed by atoms with van der Waals surface area (Å²) in [5.41, 5.74) is 23.2. The van der Waals surface area contributed by atoms with E-state index in [9.17, 15) is 0 Å². The number of aromatic nitrogens is 6. The third-order valence-corrected chi connectivity index (χ3v) is 18.4. The molecule has 6 nitrogen and oxygen atoms in total. The molecule has 0 saturated heterocycles. The van der Waals surface area contributed by atoms with Gasteiger partial charge in [-0.25, -0.2) is 0 Å². The first-order chi connectivity index (χ1) is 47.4. The van der Waals surface area contributed by atoms with Gasteiger partial charge in [0, 0.05) is 101 Å². The highest BCUT2D eigenvalue weighted by molar-refractivity contribution is 6.32. The van der Waals surface area contributed by atoms with E-state index in [4.69, 9.17) is 43.1 Å². The molecule has 18 aromatic rings. The number of fused-ring (bicyclic) bond motifs is 12. The zero-order valence-corrected chi connectivity index (χ0v) is 54.0. The van der Waals surface area contributed by atoms with Crippen molar-refractivity contribution in [3.63, 3.8) is 0 Å². The fourth-order valence-corrected chi connectivity index (χ4v) is 14.0. The Morgan fingerprint density at radius 3 is 0.906 bits per heavy atom. The molecule has 0 saturated carbocycles. The van der Waals surface area contributed by atoms with Crippen molar-refractivity contribution in [2.45, 2.75) is 13.8 Å². The maximum absolute atomic E-state index is 6.89. The smallest absolute Gasteiger partial charge is 0.0811 e. The van der Waals surface area contributed by atoms with Crippen molar-refractivity contribution in [3.8, 4) is 89.0 Å². The van der Waals surface area contributed by atoms with Crippen LogP contribution < -0.4 is 0 Å². The minimum absolute atomic E-state index is 0.678. The highest BCUT2D eigenvalue weighted by Crippen LogP contribution is 2.43. The average Bonchev–Trinajstić information content (AvgIpc) is 0.796. The van der Waals surface area contributed by atoms with Crippen LogP contribution in [0.5, 0.6) is 0 Å². The predicted octanol–water partition coefficient (Wildman–Crippen LogP) is 24.6. The third-order valence-electron chi connectivity index (χ3n) is 18.0. The number of rotatable bonds is 8. The van der Waals surface area contributed by atoms with E-state index in [0.29, 0.717) is 10.0 Å². The van der Waals surface area contributed by atoms with Crippen LogP contribution in [-0.4, -0.2) is 29.9 Å². The quantitative estimate of drug-likeness (QED) is 0.141. The van der Waals surface area contributed by atoms with Gasteiger partial charge in [-0.2, -0.15) is 0 Å². The van der Waals surface area contributed by atoms with E-state index in [1.54, 1.807) is 0 Å². The van der Waals surface area contributed by atoms with Gasteiger partial charge < -0.3 is 0 Å². The molecular weight excluding hydrogens is 1210 g/mol. The highest BCUT2D eigenvalue weighted by Gasteiger charge is 2.18. The fraction of sp³-hybridized carbons (Fsp3) is 0.0227. The van der Waals surface area contributed by atoms with E-state index in [-0.39, 0.29) is 0 Å². The van der Waals surface area contributed by atoms with E-state index in [1.165, 1.54) is 10.8 Å². The van der Waals surface area contributed by atoms with Crippen molar-refractivity contribution in [3.05, 3.63) is 326 Å². The van der Waals surface area contributed by atoms with Crippen LogP contribution in [0, 0.1) is 0 Å². The number of hydrogen-bond donors (Lipinski definition) is 0. The first kappa shape index (κ1) is 59.2. The number of pyridine rings is 6. The number of halogens is 2. The van der Waals surface area contributed by atoms with Crippen LogP contribution in [0.2, 0.25) is 10.0 Å². The molecule has 0 N–H and O–H groups in total. The largest absolute Gasteiger partial charge is 0.255 e. The van der Waals surface area contributed by atoms with Crippen molar-refractivity contribution in [2.24, 2.45) is 0 Å². The lowest BCUT2D eigenvalue weighted by atomic mass is 9.90. The summed E-state index contributed by atoms with van der Waals surface area (Å²) in [6.07, 6.45) is 11.4. The van der Waals surface area contributed by atoms with Crippen LogP contribution in [0.4, 0.5) is 0 Å². The van der Waals surface area contributed by atoms with Gasteiger partial charge in [-0.3, -0.25) is 29.9 Å². The lowest BCUT2D eigenvalue weighted by molar-refractivity contribution is 1.38. The molecular formula is C88H58Cl2N6. The second-order valence-electron chi connectivity index (χ2n) is 23.7. The maximum atomic E-state index is 6.89. The molecule has 0 fully saturated rings. The lowest BCUT2D eigenvalue weighted by Gasteiger charge is -2.15. The molecule has 0 atom stereocenters. The molecule has 454 valence electrons. The van der Waals surface area contributed by atoms with Gasteiger partial charge in [-0.1, -0.05) is 219 Å². The summed E-state index contributed by atoms with van der Waals surface area (Å²) < 4.78 is 0. The van der Waals surface area contributed by atoms with Crippen LogP contribution in [0.3, 0.4) is 0 Å². The van der Waals surface area contributed by atoms with Crippen molar-refractivity contribution in [2.75, 3.05) is 0 Å². The second kappa shape index (κ2) is 25.6. The molecule has 0 unspecified atom stereocenters. The zero-order chi connectivity index (χ0) is 64.6. The molecule has 0 amide bonds. The van der Waals surface area contributed by atoms with Gasteiger partial charge in [0.25, 0.3) is 0 Å². The predicted molar refractivity (Wildman–Crippen MR) is 405 cm³/mol. The Labute approximate surface area is 565 Å². The van der Waals surface area contributed by atoms with Crippen molar-refractivity contribution in [1.82, 2.24) is 29.9 Å². The van der Waals surface area contributed by atoms with Crippen molar-refractivity contribution >= 4 is 110 Å². The zero-order valence-electron chi connectivity index (χ0n) is 52.5. The van der Waals surface area contributed by atoms with Crippen molar-refractivity contribution in [1.29, 1.82) is 0 Å². The van der Waals surface area contributed by atoms with E-state index < -0.39 is 0 Å². The van der Waals surface area contributed by atoms with E-state index >= 15 is 0 Å². The van der Waals surface area contributed by atoms with E-state index in [2.05, 4.69) is 253 Å². The normalized spacial score (nSPS) is 11.3. The minimum atomic E-state index is 0.678. The van der Waals surface area contributed by atoms with Gasteiger partial charge in [0.15, 0.2) is 0 Å². The molecule has 18 rings (SSSR count). The molecule has 0 aliphatic carbocycles. The Bertz CT molecular complexity index is 5330. The molecule has 8 heteroatoms. The number of benzene rings is 12. The summed E-state index contributed by atoms with van der Waals surface area (Å²) in [7, 11) is 0. The first-order valence-corrected chi connectivity index (χ1v) is 33.0. The Hall–Kier alpha value is -11.8. The van der Waals surface area contributed by atoms with Crippen LogP contribution >= 0.6 is 23.2 Å². The minimum Gasteiger partial charge on any atom is -0.255 e. The van der Waals surface area contributed by atoms with Gasteiger partial charge in [0.2, 0.25) is 0 Å². The molecule has 0 bridgehead atoms. The monoisotopic (exact) mass is 1270 g/mol. The first-order valence-electron chi connectivity index (χ1n) is 32.2. The Kier molecular flexibility index (Phi) is 15.8. The lowest BCUT2D eigenvalue weighted by Crippen LogP contribution is -1.91. The molecule has 0 spiro atoms. The van der Waals surface area contributed by atoms with Gasteiger partial charge in [-0.05, 0) is 186 Å². The van der Waals surface area contributed by atoms with Crippen LogP contribution in [0.15, 0.2) is 316 Å². The van der Waals surface area contributed by atoms with E-state index in [1.807, 2.05) is 87.4 Å². The summed E-state index contributed by atoms with van der Waals surface area (Å²) >= 11 is 13.8.